The van der Waals surface area contributed by atoms with Crippen LogP contribution in [-0.4, -0.2) is 53.6 Å². The molecule has 0 fully saturated rings. The van der Waals surface area contributed by atoms with E-state index in [0.29, 0.717) is 0 Å². The molecule has 4 N–H and O–H groups in total. The van der Waals surface area contributed by atoms with Gasteiger partial charge in [-0.3, -0.25) is 9.98 Å². The van der Waals surface area contributed by atoms with E-state index in [1.54, 1.807) is 0 Å². The average Bonchev–Trinajstić information content (AvgIpc) is 2.52. The normalized spacial score (nSPS) is 6.78. The van der Waals surface area contributed by atoms with Crippen molar-refractivity contribution in [3.63, 3.8) is 0 Å². The zero-order valence-corrected chi connectivity index (χ0v) is 14.2. The molecule has 0 aromatic heterocycles. The zero-order chi connectivity index (χ0) is 18.1. The second-order valence-electron chi connectivity index (χ2n) is 1.75. The van der Waals surface area contributed by atoms with Crippen molar-refractivity contribution in [3.05, 3.63) is 13.8 Å². The van der Waals surface area contributed by atoms with Crippen LogP contribution >= 0.6 is 0 Å². The molecule has 0 atom stereocenters. The van der Waals surface area contributed by atoms with E-state index in [-0.39, 0.29) is 39.4 Å². The number of isocyanates is 5. The van der Waals surface area contributed by atoms with Crippen LogP contribution in [0, 0.1) is 13.8 Å². The van der Waals surface area contributed by atoms with Gasteiger partial charge in [-0.1, -0.05) is 0 Å². The molecule has 0 bridgehead atoms. The van der Waals surface area contributed by atoms with Gasteiger partial charge in [0.05, 0.1) is 18.9 Å². The standard InChI is InChI=1S/C4HN3O3.C3HN2O2.CH5NO.CH3O.Y/c8-1-5-4(6-2-9)7-3-10;6-2-4-1-5-3-7;2-1-3;1-2;/h4H;1H;3H,1-2H2;2H,1H2;/q;-1;;-1;. The smallest absolute Gasteiger partial charge is 0.267 e. The quantitative estimate of drug-likeness (QED) is 0.203. The van der Waals surface area contributed by atoms with Gasteiger partial charge in [0.1, 0.15) is 0 Å². The van der Waals surface area contributed by atoms with Crippen molar-refractivity contribution in [3.8, 4) is 0 Å². The van der Waals surface area contributed by atoms with Gasteiger partial charge in [0.2, 0.25) is 18.2 Å². The molecule has 0 aromatic rings. The Kier molecular flexibility index (Phi) is 60.6. The van der Waals surface area contributed by atoms with Crippen LogP contribution < -0.4 is 5.73 Å². The van der Waals surface area contributed by atoms with E-state index in [2.05, 4.69) is 37.8 Å². The number of aliphatic hydroxyl groups excluding tert-OH is 2. The minimum Gasteiger partial charge on any atom is -0.569 e. The summed E-state index contributed by atoms with van der Waals surface area (Å²) >= 11 is 0. The van der Waals surface area contributed by atoms with Gasteiger partial charge in [0.25, 0.3) is 6.29 Å². The number of aliphatic hydroxyl groups is 2. The molecule has 0 aliphatic rings. The van der Waals surface area contributed by atoms with Crippen LogP contribution in [0.2, 0.25) is 0 Å². The Morgan fingerprint density at radius 3 is 1.30 bits per heavy atom. The SMILES string of the molecule is NCO.O=C=NC(N=C=O)N=C=O.O=C=N[CH-]N=C=O.[CH2-]O.[Y]. The average molecular weight is 403 g/mol. The van der Waals surface area contributed by atoms with Gasteiger partial charge in [0, 0.05) is 39.4 Å². The molecule has 0 spiro atoms. The summed E-state index contributed by atoms with van der Waals surface area (Å²) in [7, 11) is 2.25. The molecule has 23 heavy (non-hydrogen) atoms. The summed E-state index contributed by atoms with van der Waals surface area (Å²) in [5, 5.41) is 14.1. The van der Waals surface area contributed by atoms with Crippen molar-refractivity contribution in [1.29, 1.82) is 0 Å². The molecular weight excluding hydrogens is 393 g/mol. The third-order valence-electron chi connectivity index (χ3n) is 0.725. The number of aliphatic imine (C=N–C) groups is 5. The Bertz CT molecular complexity index is 426. The maximum Gasteiger partial charge on any atom is 0.267 e. The van der Waals surface area contributed by atoms with Gasteiger partial charge in [-0.05, 0) is 0 Å². The van der Waals surface area contributed by atoms with Crippen LogP contribution in [-0.2, 0) is 56.7 Å². The molecule has 13 nitrogen and oxygen atoms in total. The predicted octanol–water partition coefficient (Wildman–Crippen LogP) is -1.90. The molecule has 0 unspecified atom stereocenters. The Morgan fingerprint density at radius 1 is 0.870 bits per heavy atom. The molecule has 0 rings (SSSR count). The van der Waals surface area contributed by atoms with Crippen molar-refractivity contribution in [1.82, 2.24) is 0 Å². The number of hydrogen-bond donors (Lipinski definition) is 3. The number of carbonyl (C=O) groups excluding carboxylic acids is 5. The van der Waals surface area contributed by atoms with Crippen molar-refractivity contribution in [2.75, 3.05) is 6.73 Å². The van der Waals surface area contributed by atoms with Crippen LogP contribution in [0.5, 0.6) is 0 Å². The summed E-state index contributed by atoms with van der Waals surface area (Å²) in [6.45, 7) is 0.514. The first kappa shape index (κ1) is 32.6. The van der Waals surface area contributed by atoms with Gasteiger partial charge in [0.15, 0.2) is 0 Å². The van der Waals surface area contributed by atoms with E-state index in [9.17, 15) is 14.4 Å². The first-order valence-corrected chi connectivity index (χ1v) is 4.47. The Labute approximate surface area is 154 Å². The summed E-state index contributed by atoms with van der Waals surface area (Å²) in [6.07, 6.45) is 4.13. The summed E-state index contributed by atoms with van der Waals surface area (Å²) in [6, 6.07) is 0. The Morgan fingerprint density at radius 2 is 1.13 bits per heavy atom. The van der Waals surface area contributed by atoms with Gasteiger partial charge >= 0.3 is 0 Å². The number of nitrogens with two attached hydrogens (primary N) is 1. The van der Waals surface area contributed by atoms with E-state index in [1.807, 2.05) is 0 Å². The van der Waals surface area contributed by atoms with Crippen LogP contribution in [0.25, 0.3) is 0 Å². The Hall–Kier alpha value is -2.25. The summed E-state index contributed by atoms with van der Waals surface area (Å²) < 4.78 is 0. The van der Waals surface area contributed by atoms with E-state index in [0.717, 1.165) is 37.1 Å². The van der Waals surface area contributed by atoms with Crippen molar-refractivity contribution < 1.29 is 66.9 Å². The maximum absolute atomic E-state index is 9.49. The van der Waals surface area contributed by atoms with E-state index >= 15 is 0 Å². The second-order valence-corrected chi connectivity index (χ2v) is 1.75. The molecule has 0 aromatic carbocycles. The van der Waals surface area contributed by atoms with Crippen LogP contribution in [0.1, 0.15) is 0 Å². The van der Waals surface area contributed by atoms with Gasteiger partial charge in [-0.2, -0.15) is 15.0 Å². The van der Waals surface area contributed by atoms with Crippen molar-refractivity contribution in [2.24, 2.45) is 30.7 Å². The molecule has 123 valence electrons. The zero-order valence-electron chi connectivity index (χ0n) is 11.4. The maximum atomic E-state index is 9.49. The number of rotatable bonds is 5. The van der Waals surface area contributed by atoms with Gasteiger partial charge in [-0.25, -0.2) is 21.5 Å². The third kappa shape index (κ3) is 53.8. The monoisotopic (exact) mass is 403 g/mol. The fraction of sp³-hybridized carbons (Fsp3) is 0.222. The van der Waals surface area contributed by atoms with Gasteiger partial charge < -0.3 is 25.5 Å². The van der Waals surface area contributed by atoms with E-state index in [4.69, 9.17) is 19.8 Å². The summed E-state index contributed by atoms with van der Waals surface area (Å²) in [5.74, 6) is 0. The molecule has 0 amide bonds. The molecule has 0 saturated heterocycles. The van der Waals surface area contributed by atoms with Crippen molar-refractivity contribution in [2.45, 2.75) is 6.29 Å². The minimum absolute atomic E-state index is 0. The molecule has 0 heterocycles. The molecule has 0 aliphatic heterocycles. The van der Waals surface area contributed by atoms with Crippen LogP contribution in [0.4, 0.5) is 0 Å². The van der Waals surface area contributed by atoms with E-state index < -0.39 is 6.29 Å². The molecule has 14 heteroatoms. The predicted molar refractivity (Wildman–Crippen MR) is 67.3 cm³/mol. The second kappa shape index (κ2) is 42.7. The first-order chi connectivity index (χ1) is 10.7. The Balaban J connectivity index is -0.0000000729. The molecule has 0 saturated carbocycles. The fourth-order valence-corrected chi connectivity index (χ4v) is 0.304. The minimum atomic E-state index is -1.37. The summed E-state index contributed by atoms with van der Waals surface area (Å²) in [5.41, 5.74) is 4.40. The molecule has 1 radical (unpaired) electrons. The van der Waals surface area contributed by atoms with Crippen LogP contribution in [0.15, 0.2) is 25.0 Å². The fourth-order valence-electron chi connectivity index (χ4n) is 0.304. The number of hydrogen-bond acceptors (Lipinski definition) is 13. The summed E-state index contributed by atoms with van der Waals surface area (Å²) in [4.78, 5) is 60.9. The largest absolute Gasteiger partial charge is 0.569 e. The van der Waals surface area contributed by atoms with Crippen LogP contribution in [0.3, 0.4) is 0 Å². The van der Waals surface area contributed by atoms with Gasteiger partial charge in [-0.15, -0.1) is 0 Å². The first-order valence-electron chi connectivity index (χ1n) is 4.47. The van der Waals surface area contributed by atoms with Crippen molar-refractivity contribution >= 4 is 30.4 Å². The number of nitrogens with zero attached hydrogens (tertiary/aromatic N) is 5. The third-order valence-corrected chi connectivity index (χ3v) is 0.725. The van der Waals surface area contributed by atoms with E-state index in [1.165, 1.54) is 0 Å². The topological polar surface area (TPSA) is 214 Å². The molecular formula is C9H10N6O7Y-2. The molecule has 0 aliphatic carbocycles.